The van der Waals surface area contributed by atoms with E-state index in [-0.39, 0.29) is 0 Å². The van der Waals surface area contributed by atoms with Crippen LogP contribution in [0.25, 0.3) is 5.69 Å². The Kier molecular flexibility index (Phi) is 5.00. The van der Waals surface area contributed by atoms with Crippen molar-refractivity contribution in [3.8, 4) is 11.4 Å². The number of fused-ring (bicyclic) bond motifs is 3. The number of carbonyl (C=O) groups excluding carboxylic acids is 3. The maximum atomic E-state index is 13.2. The molecule has 3 amide bonds. The number of methoxy groups -OCH3 is 1. The van der Waals surface area contributed by atoms with Crippen molar-refractivity contribution in [2.75, 3.05) is 27.3 Å². The number of imide groups is 1. The van der Waals surface area contributed by atoms with Crippen molar-refractivity contribution >= 4 is 29.7 Å². The molecule has 31 heavy (non-hydrogen) atoms. The number of benzene rings is 1. The summed E-state index contributed by atoms with van der Waals surface area (Å²) in [5.41, 5.74) is 2.60. The van der Waals surface area contributed by atoms with Crippen molar-refractivity contribution in [2.45, 2.75) is 26.8 Å². The average molecular weight is 426 g/mol. The van der Waals surface area contributed by atoms with Gasteiger partial charge >= 0.3 is 17.9 Å². The average Bonchev–Trinajstić information content (AvgIpc) is 3.26. The number of urea groups is 1. The molecule has 10 nitrogen and oxygen atoms in total. The van der Waals surface area contributed by atoms with Gasteiger partial charge in [-0.05, 0) is 45.0 Å². The first-order valence-corrected chi connectivity index (χ1v) is 9.91. The molecule has 1 saturated heterocycles. The molecule has 1 aromatic heterocycles. The zero-order valence-electron chi connectivity index (χ0n) is 18.1. The van der Waals surface area contributed by atoms with Gasteiger partial charge in [0.2, 0.25) is 11.9 Å². The molecule has 0 saturated carbocycles. The number of rotatable bonds is 5. The number of hydrogen-bond donors (Lipinski definition) is 0. The van der Waals surface area contributed by atoms with Crippen LogP contribution in [0.15, 0.2) is 29.3 Å². The molecular weight excluding hydrogens is 402 g/mol. The van der Waals surface area contributed by atoms with Crippen LogP contribution in [0, 0.1) is 13.8 Å². The van der Waals surface area contributed by atoms with Crippen LogP contribution < -0.4 is 9.30 Å². The lowest BCUT2D eigenvalue weighted by atomic mass is 10.1. The SMILES string of the molecule is CCOc1ccc(-n2c(C)c(C)[n+]3c2N=C2C3C(=O)N(CC(=O)OC)C(=O)N2C)cc1. The van der Waals surface area contributed by atoms with Gasteiger partial charge in [0.15, 0.2) is 0 Å². The number of nitrogens with zero attached hydrogens (tertiary/aromatic N) is 5. The van der Waals surface area contributed by atoms with Gasteiger partial charge in [-0.2, -0.15) is 4.57 Å². The zero-order chi connectivity index (χ0) is 22.4. The lowest BCUT2D eigenvalue weighted by molar-refractivity contribution is -0.682. The highest BCUT2D eigenvalue weighted by Crippen LogP contribution is 2.33. The molecule has 10 heteroatoms. The van der Waals surface area contributed by atoms with Crippen molar-refractivity contribution in [1.82, 2.24) is 14.4 Å². The molecule has 0 bridgehead atoms. The van der Waals surface area contributed by atoms with E-state index in [9.17, 15) is 14.4 Å². The van der Waals surface area contributed by atoms with E-state index in [1.165, 1.54) is 12.0 Å². The van der Waals surface area contributed by atoms with Crippen molar-refractivity contribution in [1.29, 1.82) is 0 Å². The van der Waals surface area contributed by atoms with E-state index in [2.05, 4.69) is 9.73 Å². The van der Waals surface area contributed by atoms with Crippen molar-refractivity contribution in [3.63, 3.8) is 0 Å². The third kappa shape index (κ3) is 3.06. The number of likely N-dealkylation sites (N-methyl/N-ethyl adjacent to an activating group) is 1. The quantitative estimate of drug-likeness (QED) is 0.532. The predicted molar refractivity (Wildman–Crippen MR) is 110 cm³/mol. The van der Waals surface area contributed by atoms with Crippen LogP contribution in [0.3, 0.4) is 0 Å². The second kappa shape index (κ2) is 7.53. The number of aromatic nitrogens is 2. The summed E-state index contributed by atoms with van der Waals surface area (Å²) in [5.74, 6) is 0.443. The number of ether oxygens (including phenoxy) is 2. The monoisotopic (exact) mass is 426 g/mol. The molecule has 0 aliphatic carbocycles. The minimum absolute atomic E-state index is 0.328. The van der Waals surface area contributed by atoms with Crippen molar-refractivity contribution in [3.05, 3.63) is 35.7 Å². The Morgan fingerprint density at radius 3 is 2.48 bits per heavy atom. The molecule has 0 spiro atoms. The Labute approximate surface area is 179 Å². The van der Waals surface area contributed by atoms with Crippen LogP contribution in [-0.2, 0) is 14.3 Å². The molecule has 162 valence electrons. The highest BCUT2D eigenvalue weighted by molar-refractivity contribution is 6.19. The van der Waals surface area contributed by atoms with E-state index >= 15 is 0 Å². The van der Waals surface area contributed by atoms with Gasteiger partial charge in [-0.15, -0.1) is 0 Å². The molecule has 4 rings (SSSR count). The molecule has 2 aliphatic rings. The first kappa shape index (κ1) is 20.6. The van der Waals surface area contributed by atoms with E-state index in [1.807, 2.05) is 49.6 Å². The van der Waals surface area contributed by atoms with Crippen molar-refractivity contribution < 1.29 is 28.4 Å². The van der Waals surface area contributed by atoms with Crippen molar-refractivity contribution in [2.24, 2.45) is 4.99 Å². The van der Waals surface area contributed by atoms with E-state index < -0.39 is 30.5 Å². The lowest BCUT2D eigenvalue weighted by Gasteiger charge is -2.32. The summed E-state index contributed by atoms with van der Waals surface area (Å²) in [4.78, 5) is 44.6. The molecular formula is C21H24N5O5+. The number of carbonyl (C=O) groups is 3. The van der Waals surface area contributed by atoms with E-state index in [1.54, 1.807) is 11.6 Å². The fourth-order valence-corrected chi connectivity index (χ4v) is 3.94. The molecule has 0 N–H and O–H groups in total. The maximum Gasteiger partial charge on any atom is 0.407 e. The topological polar surface area (TPSA) is 97.3 Å². The summed E-state index contributed by atoms with van der Waals surface area (Å²) in [6.07, 6.45) is 0. The lowest BCUT2D eigenvalue weighted by Crippen LogP contribution is -2.64. The highest BCUT2D eigenvalue weighted by Gasteiger charge is 2.54. The summed E-state index contributed by atoms with van der Waals surface area (Å²) >= 11 is 0. The van der Waals surface area contributed by atoms with Crippen LogP contribution in [0.2, 0.25) is 0 Å². The fourth-order valence-electron chi connectivity index (χ4n) is 3.94. The highest BCUT2D eigenvalue weighted by atomic mass is 16.5. The molecule has 1 aromatic carbocycles. The van der Waals surface area contributed by atoms with Gasteiger partial charge in [-0.3, -0.25) is 14.5 Å². The molecule has 1 fully saturated rings. The Bertz CT molecular complexity index is 1120. The number of amidine groups is 1. The zero-order valence-corrected chi connectivity index (χ0v) is 18.1. The summed E-state index contributed by atoms with van der Waals surface area (Å²) in [7, 11) is 2.76. The van der Waals surface area contributed by atoms with Gasteiger partial charge in [-0.25, -0.2) is 14.3 Å². The molecule has 0 radical (unpaired) electrons. The smallest absolute Gasteiger partial charge is 0.407 e. The van der Waals surface area contributed by atoms with Gasteiger partial charge in [0.05, 0.1) is 13.7 Å². The second-order valence-corrected chi connectivity index (χ2v) is 7.32. The summed E-state index contributed by atoms with van der Waals surface area (Å²) < 4.78 is 13.9. The Hall–Kier alpha value is -3.69. The van der Waals surface area contributed by atoms with Gasteiger partial charge < -0.3 is 9.47 Å². The largest absolute Gasteiger partial charge is 0.494 e. The van der Waals surface area contributed by atoms with E-state index in [4.69, 9.17) is 4.74 Å². The Morgan fingerprint density at radius 1 is 1.19 bits per heavy atom. The van der Waals surface area contributed by atoms with Crippen LogP contribution in [-0.4, -0.2) is 65.4 Å². The van der Waals surface area contributed by atoms with Gasteiger partial charge in [-0.1, -0.05) is 4.99 Å². The summed E-state index contributed by atoms with van der Waals surface area (Å²) in [5, 5.41) is 0. The minimum Gasteiger partial charge on any atom is -0.494 e. The Balaban J connectivity index is 1.81. The standard InChI is InChI=1S/C21H24N5O5/c1-6-31-15-9-7-14(8-10-15)25-12(2)13(3)26-17-18(22-20(25)26)23(4)21(29)24(19(17)28)11-16(27)30-5/h7-10,17H,6,11H2,1-5H3/q+1. The number of esters is 1. The third-order valence-corrected chi connectivity index (χ3v) is 5.64. The van der Waals surface area contributed by atoms with Crippen LogP contribution in [0.4, 0.5) is 10.7 Å². The van der Waals surface area contributed by atoms with E-state index in [0.29, 0.717) is 18.4 Å². The van der Waals surface area contributed by atoms with Crippen LogP contribution in [0.5, 0.6) is 5.75 Å². The first-order valence-electron chi connectivity index (χ1n) is 9.91. The number of imidazole rings is 1. The van der Waals surface area contributed by atoms with Gasteiger partial charge in [0.1, 0.15) is 29.4 Å². The summed E-state index contributed by atoms with van der Waals surface area (Å²) in [6.45, 7) is 5.90. The molecule has 2 aromatic rings. The third-order valence-electron chi connectivity index (χ3n) is 5.64. The number of amides is 3. The summed E-state index contributed by atoms with van der Waals surface area (Å²) in [6, 6.07) is 6.14. The van der Waals surface area contributed by atoms with Gasteiger partial charge in [0.25, 0.3) is 5.91 Å². The van der Waals surface area contributed by atoms with Crippen LogP contribution in [0.1, 0.15) is 24.4 Å². The molecule has 1 atom stereocenters. The fraction of sp³-hybridized carbons (Fsp3) is 0.381. The van der Waals surface area contributed by atoms with Crippen LogP contribution >= 0.6 is 0 Å². The number of hydrogen-bond acceptors (Lipinski definition) is 6. The normalized spacial score (nSPS) is 17.5. The first-order chi connectivity index (χ1) is 14.8. The molecule has 2 aliphatic heterocycles. The number of aliphatic imine (C=N–C) groups is 1. The Morgan fingerprint density at radius 2 is 1.87 bits per heavy atom. The minimum atomic E-state index is -0.829. The molecule has 1 unspecified atom stereocenters. The van der Waals surface area contributed by atoms with Gasteiger partial charge in [0, 0.05) is 7.05 Å². The predicted octanol–water partition coefficient (Wildman–Crippen LogP) is 1.43. The second-order valence-electron chi connectivity index (χ2n) is 7.32. The maximum absolute atomic E-state index is 13.2. The van der Waals surface area contributed by atoms with E-state index in [0.717, 1.165) is 27.7 Å². The molecule has 3 heterocycles.